The molecule has 2 rings (SSSR count). The number of nitrogens with one attached hydrogen (secondary N) is 1. The van der Waals surface area contributed by atoms with Gasteiger partial charge >= 0.3 is 0 Å². The Bertz CT molecular complexity index is 332. The fourth-order valence-corrected chi connectivity index (χ4v) is 2.68. The standard InChI is InChI=1S/C12H18BrNO2/c13-11-5-4-10(16-11)8-14-12(9-15)6-2-1-3-7-12/h4-5,14-15H,1-3,6-9H2. The summed E-state index contributed by atoms with van der Waals surface area (Å²) in [4.78, 5) is 0. The van der Waals surface area contributed by atoms with Crippen molar-refractivity contribution in [3.05, 3.63) is 22.6 Å². The Balaban J connectivity index is 1.91. The van der Waals surface area contributed by atoms with Gasteiger partial charge in [-0.05, 0) is 40.9 Å². The highest BCUT2D eigenvalue weighted by molar-refractivity contribution is 9.10. The van der Waals surface area contributed by atoms with Gasteiger partial charge < -0.3 is 14.8 Å². The van der Waals surface area contributed by atoms with Crippen LogP contribution in [0.15, 0.2) is 21.2 Å². The van der Waals surface area contributed by atoms with Crippen LogP contribution in [-0.4, -0.2) is 17.3 Å². The minimum atomic E-state index is -0.0858. The Labute approximate surface area is 104 Å². The highest BCUT2D eigenvalue weighted by atomic mass is 79.9. The number of rotatable bonds is 4. The predicted molar refractivity (Wildman–Crippen MR) is 66.1 cm³/mol. The molecule has 1 saturated carbocycles. The zero-order valence-electron chi connectivity index (χ0n) is 9.34. The lowest BCUT2D eigenvalue weighted by molar-refractivity contribution is 0.117. The molecule has 0 bridgehead atoms. The van der Waals surface area contributed by atoms with E-state index in [4.69, 9.17) is 4.42 Å². The highest BCUT2D eigenvalue weighted by Gasteiger charge is 2.30. The van der Waals surface area contributed by atoms with Gasteiger partial charge in [0.1, 0.15) is 5.76 Å². The molecule has 0 amide bonds. The molecule has 0 radical (unpaired) electrons. The van der Waals surface area contributed by atoms with Gasteiger partial charge in [-0.15, -0.1) is 0 Å². The largest absolute Gasteiger partial charge is 0.453 e. The molecule has 1 aromatic rings. The van der Waals surface area contributed by atoms with Crippen molar-refractivity contribution in [1.82, 2.24) is 5.32 Å². The fraction of sp³-hybridized carbons (Fsp3) is 0.667. The average Bonchev–Trinajstić information content (AvgIpc) is 2.74. The van der Waals surface area contributed by atoms with Crippen LogP contribution in [0.25, 0.3) is 0 Å². The van der Waals surface area contributed by atoms with Crippen molar-refractivity contribution < 1.29 is 9.52 Å². The van der Waals surface area contributed by atoms with E-state index in [1.54, 1.807) is 0 Å². The molecule has 2 N–H and O–H groups in total. The van der Waals surface area contributed by atoms with Gasteiger partial charge in [0.15, 0.2) is 4.67 Å². The van der Waals surface area contributed by atoms with Crippen LogP contribution in [0.5, 0.6) is 0 Å². The van der Waals surface area contributed by atoms with Crippen LogP contribution in [0.1, 0.15) is 37.9 Å². The third-order valence-electron chi connectivity index (χ3n) is 3.38. The smallest absolute Gasteiger partial charge is 0.169 e. The summed E-state index contributed by atoms with van der Waals surface area (Å²) in [5, 5.41) is 13.0. The van der Waals surface area contributed by atoms with E-state index in [-0.39, 0.29) is 12.1 Å². The zero-order valence-corrected chi connectivity index (χ0v) is 10.9. The molecule has 4 heteroatoms. The minimum absolute atomic E-state index is 0.0858. The number of halogens is 1. The summed E-state index contributed by atoms with van der Waals surface area (Å²) in [5.74, 6) is 0.908. The summed E-state index contributed by atoms with van der Waals surface area (Å²) in [7, 11) is 0. The maximum absolute atomic E-state index is 9.52. The van der Waals surface area contributed by atoms with Crippen LogP contribution in [0.4, 0.5) is 0 Å². The van der Waals surface area contributed by atoms with E-state index in [2.05, 4.69) is 21.2 Å². The van der Waals surface area contributed by atoms with Crippen LogP contribution < -0.4 is 5.32 Å². The first-order chi connectivity index (χ1) is 7.74. The predicted octanol–water partition coefficient (Wildman–Crippen LogP) is 2.83. The molecule has 1 fully saturated rings. The van der Waals surface area contributed by atoms with Gasteiger partial charge in [-0.25, -0.2) is 0 Å². The lowest BCUT2D eigenvalue weighted by Gasteiger charge is -2.36. The summed E-state index contributed by atoms with van der Waals surface area (Å²) < 4.78 is 6.19. The number of furan rings is 1. The van der Waals surface area contributed by atoms with Crippen molar-refractivity contribution in [2.75, 3.05) is 6.61 Å². The van der Waals surface area contributed by atoms with Gasteiger partial charge in [0.05, 0.1) is 13.2 Å². The molecule has 0 unspecified atom stereocenters. The van der Waals surface area contributed by atoms with Crippen molar-refractivity contribution in [3.63, 3.8) is 0 Å². The number of hydrogen-bond acceptors (Lipinski definition) is 3. The molecule has 0 aromatic carbocycles. The maximum atomic E-state index is 9.52. The first-order valence-corrected chi connectivity index (χ1v) is 6.63. The van der Waals surface area contributed by atoms with Gasteiger partial charge in [-0.3, -0.25) is 0 Å². The zero-order chi connectivity index (χ0) is 11.4. The van der Waals surface area contributed by atoms with Gasteiger partial charge in [0, 0.05) is 5.54 Å². The van der Waals surface area contributed by atoms with Crippen LogP contribution in [-0.2, 0) is 6.54 Å². The Morgan fingerprint density at radius 1 is 1.31 bits per heavy atom. The van der Waals surface area contributed by atoms with Crippen LogP contribution in [0, 0.1) is 0 Å². The summed E-state index contributed by atoms with van der Waals surface area (Å²) in [6.07, 6.45) is 5.82. The van der Waals surface area contributed by atoms with E-state index in [1.807, 2.05) is 12.1 Å². The van der Waals surface area contributed by atoms with Crippen LogP contribution in [0.3, 0.4) is 0 Å². The second-order valence-corrected chi connectivity index (χ2v) is 5.34. The number of aliphatic hydroxyl groups is 1. The molecule has 0 atom stereocenters. The molecule has 16 heavy (non-hydrogen) atoms. The third-order valence-corrected chi connectivity index (χ3v) is 3.81. The topological polar surface area (TPSA) is 45.4 Å². The van der Waals surface area contributed by atoms with Crippen molar-refractivity contribution >= 4 is 15.9 Å². The summed E-state index contributed by atoms with van der Waals surface area (Å²) in [5.41, 5.74) is -0.0858. The molecule has 3 nitrogen and oxygen atoms in total. The van der Waals surface area contributed by atoms with E-state index in [0.717, 1.165) is 23.3 Å². The Morgan fingerprint density at radius 3 is 2.62 bits per heavy atom. The summed E-state index contributed by atoms with van der Waals surface area (Å²) in [6.45, 7) is 0.904. The fourth-order valence-electron chi connectivity index (χ4n) is 2.34. The van der Waals surface area contributed by atoms with Crippen molar-refractivity contribution in [2.45, 2.75) is 44.2 Å². The first-order valence-electron chi connectivity index (χ1n) is 5.84. The lowest BCUT2D eigenvalue weighted by atomic mass is 9.82. The van der Waals surface area contributed by atoms with Crippen molar-refractivity contribution in [2.24, 2.45) is 0 Å². The first kappa shape index (κ1) is 12.1. The minimum Gasteiger partial charge on any atom is -0.453 e. The Morgan fingerprint density at radius 2 is 2.06 bits per heavy atom. The van der Waals surface area contributed by atoms with Gasteiger partial charge in [0.25, 0.3) is 0 Å². The van der Waals surface area contributed by atoms with Crippen LogP contribution >= 0.6 is 15.9 Å². The van der Waals surface area contributed by atoms with Gasteiger partial charge in [0.2, 0.25) is 0 Å². The monoisotopic (exact) mass is 287 g/mol. The SMILES string of the molecule is OCC1(NCc2ccc(Br)o2)CCCCC1. The molecule has 0 spiro atoms. The maximum Gasteiger partial charge on any atom is 0.169 e. The molecule has 1 aliphatic rings. The van der Waals surface area contributed by atoms with Crippen molar-refractivity contribution in [3.8, 4) is 0 Å². The molecular formula is C12H18BrNO2. The van der Waals surface area contributed by atoms with E-state index >= 15 is 0 Å². The van der Waals surface area contributed by atoms with Gasteiger partial charge in [-0.1, -0.05) is 19.3 Å². The average molecular weight is 288 g/mol. The molecule has 1 aromatic heterocycles. The highest BCUT2D eigenvalue weighted by Crippen LogP contribution is 2.28. The van der Waals surface area contributed by atoms with E-state index in [9.17, 15) is 5.11 Å². The molecule has 0 saturated heterocycles. The molecule has 1 aliphatic carbocycles. The number of hydrogen-bond donors (Lipinski definition) is 2. The number of aliphatic hydroxyl groups excluding tert-OH is 1. The van der Waals surface area contributed by atoms with E-state index in [1.165, 1.54) is 19.3 Å². The third kappa shape index (κ3) is 2.87. The normalized spacial score (nSPS) is 19.9. The molecule has 0 aliphatic heterocycles. The molecule has 1 heterocycles. The summed E-state index contributed by atoms with van der Waals surface area (Å²) in [6, 6.07) is 3.84. The quantitative estimate of drug-likeness (QED) is 0.895. The van der Waals surface area contributed by atoms with E-state index < -0.39 is 0 Å². The lowest BCUT2D eigenvalue weighted by Crippen LogP contribution is -2.49. The van der Waals surface area contributed by atoms with Crippen LogP contribution in [0.2, 0.25) is 0 Å². The molecule has 90 valence electrons. The Hall–Kier alpha value is -0.320. The summed E-state index contributed by atoms with van der Waals surface area (Å²) >= 11 is 3.28. The van der Waals surface area contributed by atoms with Gasteiger partial charge in [-0.2, -0.15) is 0 Å². The molecular weight excluding hydrogens is 270 g/mol. The second kappa shape index (κ2) is 5.34. The van der Waals surface area contributed by atoms with Crippen molar-refractivity contribution in [1.29, 1.82) is 0 Å². The Kier molecular flexibility index (Phi) is 4.05. The van der Waals surface area contributed by atoms with E-state index in [0.29, 0.717) is 6.54 Å². The second-order valence-electron chi connectivity index (χ2n) is 4.56.